The molecule has 0 aromatic heterocycles. The normalized spacial score (nSPS) is 21.8. The smallest absolute Gasteiger partial charge is 0.310 e. The topological polar surface area (TPSA) is 108 Å². The summed E-state index contributed by atoms with van der Waals surface area (Å²) in [6, 6.07) is 8.13. The van der Waals surface area contributed by atoms with Crippen LogP contribution < -0.4 is 10.6 Å². The van der Waals surface area contributed by atoms with Gasteiger partial charge in [0.1, 0.15) is 6.04 Å². The van der Waals surface area contributed by atoms with Crippen LogP contribution in [0.1, 0.15) is 26.2 Å². The van der Waals surface area contributed by atoms with E-state index in [1.807, 2.05) is 11.0 Å². The third kappa shape index (κ3) is 6.27. The Morgan fingerprint density at radius 1 is 1.19 bits per heavy atom. The number of anilines is 1. The number of hydrogen-bond acceptors (Lipinski definition) is 6. The molecule has 0 bridgehead atoms. The second kappa shape index (κ2) is 10.9. The fraction of sp³-hybridized carbons (Fsp3) is 0.545. The minimum atomic E-state index is -0.851. The Hall–Kier alpha value is -2.94. The van der Waals surface area contributed by atoms with Gasteiger partial charge in [0.2, 0.25) is 17.7 Å². The highest BCUT2D eigenvalue weighted by molar-refractivity contribution is 5.97. The van der Waals surface area contributed by atoms with Crippen LogP contribution in [0, 0.1) is 5.92 Å². The van der Waals surface area contributed by atoms with Crippen LogP contribution in [-0.2, 0) is 23.9 Å². The molecule has 1 aromatic carbocycles. The van der Waals surface area contributed by atoms with Gasteiger partial charge in [0.25, 0.3) is 0 Å². The van der Waals surface area contributed by atoms with Crippen LogP contribution in [0.2, 0.25) is 0 Å². The van der Waals surface area contributed by atoms with Crippen molar-refractivity contribution in [3.05, 3.63) is 30.3 Å². The summed E-state index contributed by atoms with van der Waals surface area (Å²) < 4.78 is 5.12. The summed E-state index contributed by atoms with van der Waals surface area (Å²) in [5.41, 5.74) is 0.639. The number of para-hydroxylation sites is 1. The van der Waals surface area contributed by atoms with Crippen molar-refractivity contribution < 1.29 is 23.9 Å². The number of benzene rings is 1. The molecule has 2 aliphatic rings. The van der Waals surface area contributed by atoms with E-state index in [9.17, 15) is 19.2 Å². The average Bonchev–Trinajstić information content (AvgIpc) is 2.76. The lowest BCUT2D eigenvalue weighted by Crippen LogP contribution is -2.60. The number of nitrogens with zero attached hydrogens (tertiary/aromatic N) is 2. The van der Waals surface area contributed by atoms with Crippen molar-refractivity contribution >= 4 is 29.4 Å². The molecule has 2 fully saturated rings. The Bertz CT molecular complexity index is 800. The predicted molar refractivity (Wildman–Crippen MR) is 114 cm³/mol. The van der Waals surface area contributed by atoms with Gasteiger partial charge in [0, 0.05) is 25.3 Å². The lowest BCUT2D eigenvalue weighted by molar-refractivity contribution is -0.151. The quantitative estimate of drug-likeness (QED) is 0.614. The number of carbonyl (C=O) groups is 4. The molecule has 2 aliphatic heterocycles. The number of piperazine rings is 1. The zero-order valence-corrected chi connectivity index (χ0v) is 17.8. The molecule has 31 heavy (non-hydrogen) atoms. The summed E-state index contributed by atoms with van der Waals surface area (Å²) >= 11 is 0. The predicted octanol–water partition coefficient (Wildman–Crippen LogP) is 0.617. The van der Waals surface area contributed by atoms with Crippen molar-refractivity contribution in [3.63, 3.8) is 0 Å². The maximum Gasteiger partial charge on any atom is 0.310 e. The van der Waals surface area contributed by atoms with Crippen LogP contribution in [0.25, 0.3) is 0 Å². The SMILES string of the molecule is CCOC(=O)[C@@H]1CCCN(CC(=O)N2CCNC(=O)[C@H]2CC(=O)Nc2ccccc2)C1. The third-order valence-electron chi connectivity index (χ3n) is 5.57. The summed E-state index contributed by atoms with van der Waals surface area (Å²) in [7, 11) is 0. The molecule has 0 aliphatic carbocycles. The van der Waals surface area contributed by atoms with Gasteiger partial charge in [-0.25, -0.2) is 0 Å². The number of ether oxygens (including phenoxy) is 1. The molecule has 2 N–H and O–H groups in total. The van der Waals surface area contributed by atoms with Crippen molar-refractivity contribution in [2.75, 3.05) is 44.6 Å². The number of rotatable bonds is 7. The van der Waals surface area contributed by atoms with Crippen molar-refractivity contribution in [2.45, 2.75) is 32.2 Å². The summed E-state index contributed by atoms with van der Waals surface area (Å²) in [6.45, 7) is 4.10. The first-order valence-electron chi connectivity index (χ1n) is 10.8. The molecule has 9 nitrogen and oxygen atoms in total. The van der Waals surface area contributed by atoms with Gasteiger partial charge >= 0.3 is 5.97 Å². The zero-order chi connectivity index (χ0) is 22.2. The molecule has 2 saturated heterocycles. The first-order chi connectivity index (χ1) is 15.0. The van der Waals surface area contributed by atoms with E-state index >= 15 is 0 Å². The molecule has 1 aromatic rings. The van der Waals surface area contributed by atoms with Gasteiger partial charge in [-0.3, -0.25) is 24.1 Å². The highest BCUT2D eigenvalue weighted by Crippen LogP contribution is 2.19. The first kappa shape index (κ1) is 22.7. The first-order valence-corrected chi connectivity index (χ1v) is 10.8. The highest BCUT2D eigenvalue weighted by atomic mass is 16.5. The number of hydrogen-bond donors (Lipinski definition) is 2. The largest absolute Gasteiger partial charge is 0.466 e. The molecule has 2 heterocycles. The molecule has 3 amide bonds. The molecule has 0 saturated carbocycles. The van der Waals surface area contributed by atoms with Crippen molar-refractivity contribution in [1.82, 2.24) is 15.1 Å². The molecule has 0 unspecified atom stereocenters. The van der Waals surface area contributed by atoms with E-state index in [-0.39, 0.29) is 42.6 Å². The molecule has 0 spiro atoms. The standard InChI is InChI=1S/C22H30N4O5/c1-2-31-22(30)16-7-6-11-25(14-16)15-20(28)26-12-10-23-21(29)18(26)13-19(27)24-17-8-4-3-5-9-17/h3-5,8-9,16,18H,2,6-7,10-15H2,1H3,(H,23,29)(H,24,27)/t16-,18-/m1/s1. The van der Waals surface area contributed by atoms with Gasteiger partial charge in [0.15, 0.2) is 0 Å². The van der Waals surface area contributed by atoms with Gasteiger partial charge in [-0.1, -0.05) is 18.2 Å². The van der Waals surface area contributed by atoms with Crippen LogP contribution in [0.5, 0.6) is 0 Å². The maximum atomic E-state index is 13.0. The monoisotopic (exact) mass is 430 g/mol. The van der Waals surface area contributed by atoms with Crippen LogP contribution in [0.3, 0.4) is 0 Å². The number of carbonyl (C=O) groups excluding carboxylic acids is 4. The zero-order valence-electron chi connectivity index (χ0n) is 17.8. The van der Waals surface area contributed by atoms with Gasteiger partial charge in [-0.15, -0.1) is 0 Å². The van der Waals surface area contributed by atoms with Gasteiger partial charge in [-0.05, 0) is 38.4 Å². The Balaban J connectivity index is 1.59. The van der Waals surface area contributed by atoms with E-state index in [0.29, 0.717) is 38.5 Å². The Kier molecular flexibility index (Phi) is 8.00. The molecule has 2 atom stereocenters. The van der Waals surface area contributed by atoms with E-state index in [4.69, 9.17) is 4.74 Å². The Labute approximate surface area is 182 Å². The number of esters is 1. The molecule has 168 valence electrons. The minimum absolute atomic E-state index is 0.111. The molecular formula is C22H30N4O5. The Morgan fingerprint density at radius 2 is 1.97 bits per heavy atom. The van der Waals surface area contributed by atoms with E-state index < -0.39 is 6.04 Å². The van der Waals surface area contributed by atoms with Crippen molar-refractivity contribution in [1.29, 1.82) is 0 Å². The summed E-state index contributed by atoms with van der Waals surface area (Å²) in [6.07, 6.45) is 1.44. The fourth-order valence-electron chi connectivity index (χ4n) is 4.06. The van der Waals surface area contributed by atoms with Gasteiger partial charge < -0.3 is 20.3 Å². The molecule has 9 heteroatoms. The van der Waals surface area contributed by atoms with E-state index in [0.717, 1.165) is 12.8 Å². The molecule has 0 radical (unpaired) electrons. The van der Waals surface area contributed by atoms with Crippen LogP contribution in [0.4, 0.5) is 5.69 Å². The lowest BCUT2D eigenvalue weighted by atomic mass is 9.98. The van der Waals surface area contributed by atoms with E-state index in [1.54, 1.807) is 31.2 Å². The van der Waals surface area contributed by atoms with Crippen molar-refractivity contribution in [3.8, 4) is 0 Å². The van der Waals surface area contributed by atoms with Crippen molar-refractivity contribution in [2.24, 2.45) is 5.92 Å². The second-order valence-electron chi connectivity index (χ2n) is 7.84. The highest BCUT2D eigenvalue weighted by Gasteiger charge is 2.36. The van der Waals surface area contributed by atoms with Crippen LogP contribution >= 0.6 is 0 Å². The number of amides is 3. The number of piperidine rings is 1. The summed E-state index contributed by atoms with van der Waals surface area (Å²) in [5, 5.41) is 5.50. The van der Waals surface area contributed by atoms with Crippen LogP contribution in [-0.4, -0.2) is 78.9 Å². The number of likely N-dealkylation sites (tertiary alicyclic amines) is 1. The van der Waals surface area contributed by atoms with E-state index in [1.165, 1.54) is 4.90 Å². The van der Waals surface area contributed by atoms with Crippen LogP contribution in [0.15, 0.2) is 30.3 Å². The minimum Gasteiger partial charge on any atom is -0.466 e. The lowest BCUT2D eigenvalue weighted by Gasteiger charge is -2.37. The molecular weight excluding hydrogens is 400 g/mol. The number of nitrogens with one attached hydrogen (secondary N) is 2. The third-order valence-corrected chi connectivity index (χ3v) is 5.57. The van der Waals surface area contributed by atoms with Gasteiger partial charge in [-0.2, -0.15) is 0 Å². The average molecular weight is 431 g/mol. The maximum absolute atomic E-state index is 13.0. The fourth-order valence-corrected chi connectivity index (χ4v) is 4.06. The Morgan fingerprint density at radius 3 is 2.71 bits per heavy atom. The summed E-state index contributed by atoms with van der Waals surface area (Å²) in [5.74, 6) is -1.33. The second-order valence-corrected chi connectivity index (χ2v) is 7.84. The van der Waals surface area contributed by atoms with Gasteiger partial charge in [0.05, 0.1) is 25.5 Å². The van der Waals surface area contributed by atoms with E-state index in [2.05, 4.69) is 10.6 Å². The molecule has 3 rings (SSSR count). The summed E-state index contributed by atoms with van der Waals surface area (Å²) in [4.78, 5) is 53.4.